The summed E-state index contributed by atoms with van der Waals surface area (Å²) in [6.45, 7) is 7.44. The van der Waals surface area contributed by atoms with Gasteiger partial charge in [0.1, 0.15) is 17.6 Å². The van der Waals surface area contributed by atoms with Gasteiger partial charge in [-0.05, 0) is 31.4 Å². The van der Waals surface area contributed by atoms with Crippen LogP contribution in [0.5, 0.6) is 5.75 Å². The fraction of sp³-hybridized carbons (Fsp3) is 0.458. The van der Waals surface area contributed by atoms with Crippen LogP contribution in [0.25, 0.3) is 10.9 Å². The van der Waals surface area contributed by atoms with Crippen molar-refractivity contribution in [3.63, 3.8) is 0 Å². The van der Waals surface area contributed by atoms with Gasteiger partial charge in [-0.2, -0.15) is 5.26 Å². The molecule has 2 atom stereocenters. The third kappa shape index (κ3) is 3.65. The smallest absolute Gasteiger partial charge is 0.226 e. The molecule has 1 aromatic carbocycles. The van der Waals surface area contributed by atoms with Crippen LogP contribution in [0.3, 0.4) is 0 Å². The Morgan fingerprint density at radius 3 is 2.85 bits per heavy atom. The summed E-state index contributed by atoms with van der Waals surface area (Å²) in [6.07, 6.45) is 2.37. The Hall–Kier alpha value is -3.67. The monoisotopic (exact) mass is 445 g/mol. The standard InChI is InChI=1S/C24H27N7O2/c1-15-13-29(23-17(11-25)12-26-21-10-18(33-3)4-5-20(21)23)7-6-19(15)24(32)30-8-9-31-16(2)27-28-22(31)14-30/h4-5,10,12,15,19H,6-9,13-14H2,1-3H3. The highest BCUT2D eigenvalue weighted by Crippen LogP contribution is 2.36. The van der Waals surface area contributed by atoms with Gasteiger partial charge in [0.15, 0.2) is 5.82 Å². The van der Waals surface area contributed by atoms with E-state index in [1.807, 2.05) is 30.0 Å². The minimum absolute atomic E-state index is 0.0458. The lowest BCUT2D eigenvalue weighted by atomic mass is 9.85. The van der Waals surface area contributed by atoms with E-state index in [1.165, 1.54) is 0 Å². The number of carbonyl (C=O) groups excluding carboxylic acids is 1. The molecule has 9 nitrogen and oxygen atoms in total. The zero-order valence-corrected chi connectivity index (χ0v) is 19.2. The number of ether oxygens (including phenoxy) is 1. The molecule has 9 heteroatoms. The summed E-state index contributed by atoms with van der Waals surface area (Å²) >= 11 is 0. The van der Waals surface area contributed by atoms with Crippen molar-refractivity contribution in [3.8, 4) is 11.8 Å². The van der Waals surface area contributed by atoms with Gasteiger partial charge < -0.3 is 19.1 Å². The summed E-state index contributed by atoms with van der Waals surface area (Å²) in [4.78, 5) is 22.0. The van der Waals surface area contributed by atoms with Crippen molar-refractivity contribution < 1.29 is 9.53 Å². The highest BCUT2D eigenvalue weighted by molar-refractivity contribution is 5.95. The SMILES string of the molecule is COc1ccc2c(N3CCC(C(=O)N4CCn5c(C)nnc5C4)C(C)C3)c(C#N)cnc2c1. The molecular weight excluding hydrogens is 418 g/mol. The minimum atomic E-state index is -0.0458. The third-order valence-corrected chi connectivity index (χ3v) is 6.96. The van der Waals surface area contributed by atoms with Crippen LogP contribution in [0.15, 0.2) is 24.4 Å². The number of benzene rings is 1. The highest BCUT2D eigenvalue weighted by atomic mass is 16.5. The van der Waals surface area contributed by atoms with Gasteiger partial charge in [0.2, 0.25) is 5.91 Å². The van der Waals surface area contributed by atoms with Gasteiger partial charge in [0.25, 0.3) is 0 Å². The predicted octanol–water partition coefficient (Wildman–Crippen LogP) is 2.52. The van der Waals surface area contributed by atoms with Gasteiger partial charge >= 0.3 is 0 Å². The molecule has 5 rings (SSSR count). The molecule has 1 amide bonds. The first-order valence-corrected chi connectivity index (χ1v) is 11.3. The summed E-state index contributed by atoms with van der Waals surface area (Å²) in [5, 5.41) is 19.1. The maximum Gasteiger partial charge on any atom is 0.226 e. The molecule has 0 saturated carbocycles. The van der Waals surface area contributed by atoms with Crippen molar-refractivity contribution in [2.45, 2.75) is 33.4 Å². The summed E-state index contributed by atoms with van der Waals surface area (Å²) in [6, 6.07) is 8.04. The van der Waals surface area contributed by atoms with E-state index in [-0.39, 0.29) is 17.7 Å². The molecular formula is C24H27N7O2. The number of nitrogens with zero attached hydrogens (tertiary/aromatic N) is 7. The van der Waals surface area contributed by atoms with Crippen molar-refractivity contribution in [2.75, 3.05) is 31.6 Å². The van der Waals surface area contributed by atoms with Crippen molar-refractivity contribution in [1.82, 2.24) is 24.6 Å². The lowest BCUT2D eigenvalue weighted by Crippen LogP contribution is -2.49. The molecule has 2 unspecified atom stereocenters. The van der Waals surface area contributed by atoms with Gasteiger partial charge in [-0.1, -0.05) is 6.92 Å². The Balaban J connectivity index is 1.36. The first-order chi connectivity index (χ1) is 16.0. The van der Waals surface area contributed by atoms with Gasteiger partial charge in [-0.25, -0.2) is 0 Å². The second-order valence-corrected chi connectivity index (χ2v) is 8.91. The van der Waals surface area contributed by atoms with Crippen LogP contribution >= 0.6 is 0 Å². The van der Waals surface area contributed by atoms with E-state index >= 15 is 0 Å². The molecule has 1 fully saturated rings. The number of hydrogen-bond donors (Lipinski definition) is 0. The number of aromatic nitrogens is 4. The quantitative estimate of drug-likeness (QED) is 0.611. The number of piperidine rings is 1. The van der Waals surface area contributed by atoms with Crippen LogP contribution in [-0.2, 0) is 17.9 Å². The van der Waals surface area contributed by atoms with E-state index in [0.29, 0.717) is 31.7 Å². The molecule has 0 aliphatic carbocycles. The second kappa shape index (κ2) is 8.35. The summed E-state index contributed by atoms with van der Waals surface area (Å²) in [5.41, 5.74) is 2.24. The summed E-state index contributed by atoms with van der Waals surface area (Å²) in [7, 11) is 1.63. The Morgan fingerprint density at radius 1 is 1.24 bits per heavy atom. The van der Waals surface area contributed by atoms with Crippen molar-refractivity contribution in [3.05, 3.63) is 41.6 Å². The molecule has 0 N–H and O–H groups in total. The number of hydrogen-bond acceptors (Lipinski definition) is 7. The second-order valence-electron chi connectivity index (χ2n) is 8.91. The number of fused-ring (bicyclic) bond motifs is 2. The minimum Gasteiger partial charge on any atom is -0.497 e. The van der Waals surface area contributed by atoms with Crippen LogP contribution in [0, 0.1) is 30.1 Å². The third-order valence-electron chi connectivity index (χ3n) is 6.96. The van der Waals surface area contributed by atoms with E-state index in [0.717, 1.165) is 47.0 Å². The predicted molar refractivity (Wildman–Crippen MR) is 123 cm³/mol. The Bertz CT molecular complexity index is 1260. The van der Waals surface area contributed by atoms with Crippen LogP contribution in [0.4, 0.5) is 5.69 Å². The first-order valence-electron chi connectivity index (χ1n) is 11.3. The highest BCUT2D eigenvalue weighted by Gasteiger charge is 2.36. The molecule has 1 saturated heterocycles. The van der Waals surface area contributed by atoms with Gasteiger partial charge in [-0.15, -0.1) is 10.2 Å². The summed E-state index contributed by atoms with van der Waals surface area (Å²) in [5.74, 6) is 2.79. The number of aryl methyl sites for hydroxylation is 1. The molecule has 33 heavy (non-hydrogen) atoms. The lowest BCUT2D eigenvalue weighted by molar-refractivity contribution is -0.139. The van der Waals surface area contributed by atoms with Crippen LogP contribution in [0.1, 0.15) is 30.6 Å². The lowest BCUT2D eigenvalue weighted by Gasteiger charge is -2.40. The largest absolute Gasteiger partial charge is 0.497 e. The van der Waals surface area contributed by atoms with E-state index in [4.69, 9.17) is 4.74 Å². The van der Waals surface area contributed by atoms with E-state index in [2.05, 4.69) is 37.6 Å². The van der Waals surface area contributed by atoms with E-state index < -0.39 is 0 Å². The molecule has 0 radical (unpaired) electrons. The fourth-order valence-corrected chi connectivity index (χ4v) is 5.15. The average Bonchev–Trinajstić information content (AvgIpc) is 3.22. The zero-order valence-electron chi connectivity index (χ0n) is 19.2. The molecule has 2 aromatic heterocycles. The van der Waals surface area contributed by atoms with E-state index in [1.54, 1.807) is 13.3 Å². The number of anilines is 1. The molecule has 0 bridgehead atoms. The summed E-state index contributed by atoms with van der Waals surface area (Å²) < 4.78 is 7.42. The van der Waals surface area contributed by atoms with Crippen molar-refractivity contribution in [2.24, 2.45) is 11.8 Å². The number of rotatable bonds is 3. The first kappa shape index (κ1) is 21.2. The Labute approximate surface area is 192 Å². The van der Waals surface area contributed by atoms with E-state index in [9.17, 15) is 10.1 Å². The number of amides is 1. The van der Waals surface area contributed by atoms with Gasteiger partial charge in [0, 0.05) is 49.7 Å². The molecule has 3 aromatic rings. The average molecular weight is 446 g/mol. The Kier molecular flexibility index (Phi) is 5.36. The van der Waals surface area contributed by atoms with Crippen molar-refractivity contribution >= 4 is 22.5 Å². The number of pyridine rings is 1. The number of methoxy groups -OCH3 is 1. The topological polar surface area (TPSA) is 100 Å². The van der Waals surface area contributed by atoms with Crippen LogP contribution in [-0.4, -0.2) is 57.3 Å². The molecule has 2 aliphatic rings. The van der Waals surface area contributed by atoms with Crippen molar-refractivity contribution in [1.29, 1.82) is 5.26 Å². The molecule has 4 heterocycles. The van der Waals surface area contributed by atoms with Gasteiger partial charge in [0.05, 0.1) is 30.4 Å². The van der Waals surface area contributed by atoms with Crippen LogP contribution in [0.2, 0.25) is 0 Å². The fourth-order valence-electron chi connectivity index (χ4n) is 5.15. The number of nitriles is 1. The number of carbonyl (C=O) groups is 1. The maximum atomic E-state index is 13.4. The maximum absolute atomic E-state index is 13.4. The van der Waals surface area contributed by atoms with Crippen LogP contribution < -0.4 is 9.64 Å². The molecule has 0 spiro atoms. The van der Waals surface area contributed by atoms with Gasteiger partial charge in [-0.3, -0.25) is 9.78 Å². The molecule has 2 aliphatic heterocycles. The normalized spacial score (nSPS) is 20.4. The molecule has 170 valence electrons. The zero-order chi connectivity index (χ0) is 23.1. The Morgan fingerprint density at radius 2 is 2.09 bits per heavy atom.